The minimum atomic E-state index is -0.370. The first-order valence-corrected chi connectivity index (χ1v) is 7.74. The molecule has 0 spiro atoms. The summed E-state index contributed by atoms with van der Waals surface area (Å²) in [5.41, 5.74) is 7.95. The van der Waals surface area contributed by atoms with Crippen molar-refractivity contribution in [3.63, 3.8) is 0 Å². The molecule has 1 aromatic heterocycles. The van der Waals surface area contributed by atoms with E-state index in [0.717, 1.165) is 11.3 Å². The van der Waals surface area contributed by atoms with Gasteiger partial charge in [-0.25, -0.2) is 0 Å². The predicted molar refractivity (Wildman–Crippen MR) is 83.1 cm³/mol. The Balaban J connectivity index is 1.89. The Morgan fingerprint density at radius 3 is 2.75 bits per heavy atom. The van der Waals surface area contributed by atoms with Crippen LogP contribution in [0.2, 0.25) is 0 Å². The minimum Gasteiger partial charge on any atom is -0.377 e. The number of hydrogen-bond acceptors (Lipinski definition) is 3. The van der Waals surface area contributed by atoms with Crippen LogP contribution in [0, 0.1) is 12.8 Å². The number of benzene rings is 1. The number of amides is 1. The molecule has 1 atom stereocenters. The molecule has 2 aromatic rings. The Bertz CT molecular complexity index is 617. The normalized spacial score (nSPS) is 15.8. The summed E-state index contributed by atoms with van der Waals surface area (Å²) in [7, 11) is 0. The highest BCUT2D eigenvalue weighted by Gasteiger charge is 2.33. The predicted octanol–water partition coefficient (Wildman–Crippen LogP) is 3.72. The van der Waals surface area contributed by atoms with Crippen molar-refractivity contribution in [2.45, 2.75) is 25.8 Å². The summed E-state index contributed by atoms with van der Waals surface area (Å²) in [6.07, 6.45) is 2.54. The van der Waals surface area contributed by atoms with Gasteiger partial charge in [0.1, 0.15) is 0 Å². The fourth-order valence-electron chi connectivity index (χ4n) is 2.55. The topological polar surface area (TPSA) is 55.1 Å². The van der Waals surface area contributed by atoms with Crippen molar-refractivity contribution in [1.29, 1.82) is 0 Å². The van der Waals surface area contributed by atoms with Crippen LogP contribution in [-0.4, -0.2) is 5.91 Å². The molecular formula is C16H18N2OS. The van der Waals surface area contributed by atoms with Crippen molar-refractivity contribution in [1.82, 2.24) is 0 Å². The van der Waals surface area contributed by atoms with Gasteiger partial charge in [0.05, 0.1) is 6.04 Å². The van der Waals surface area contributed by atoms with Gasteiger partial charge in [0.2, 0.25) is 5.91 Å². The number of rotatable bonds is 5. The quantitative estimate of drug-likeness (QED) is 0.880. The summed E-state index contributed by atoms with van der Waals surface area (Å²) in [5, 5.41) is 5.72. The maximum atomic E-state index is 11.4. The van der Waals surface area contributed by atoms with Gasteiger partial charge in [-0.3, -0.25) is 4.79 Å². The number of primary amides is 1. The van der Waals surface area contributed by atoms with Crippen LogP contribution in [0.15, 0.2) is 35.7 Å². The Morgan fingerprint density at radius 1 is 1.35 bits per heavy atom. The lowest BCUT2D eigenvalue weighted by atomic mass is 10.0. The second kappa shape index (κ2) is 5.29. The zero-order chi connectivity index (χ0) is 14.1. The van der Waals surface area contributed by atoms with Crippen molar-refractivity contribution in [2.24, 2.45) is 11.7 Å². The van der Waals surface area contributed by atoms with E-state index < -0.39 is 0 Å². The van der Waals surface area contributed by atoms with Gasteiger partial charge < -0.3 is 11.1 Å². The molecule has 4 heteroatoms. The SMILES string of the molecule is Cc1c(NC(c2cccs2)C2CC2)cccc1C(N)=O. The average molecular weight is 286 g/mol. The van der Waals surface area contributed by atoms with E-state index in [2.05, 4.69) is 22.8 Å². The number of carbonyl (C=O) groups excluding carboxylic acids is 1. The van der Waals surface area contributed by atoms with Gasteiger partial charge in [-0.05, 0) is 54.8 Å². The van der Waals surface area contributed by atoms with Crippen LogP contribution in [0.3, 0.4) is 0 Å². The molecule has 1 amide bonds. The van der Waals surface area contributed by atoms with Crippen molar-refractivity contribution in [2.75, 3.05) is 5.32 Å². The molecule has 1 aliphatic carbocycles. The molecule has 3 rings (SSSR count). The average Bonchev–Trinajstić information content (AvgIpc) is 3.11. The third kappa shape index (κ3) is 2.56. The monoisotopic (exact) mass is 286 g/mol. The molecule has 1 aromatic carbocycles. The number of anilines is 1. The lowest BCUT2D eigenvalue weighted by molar-refractivity contribution is 0.1000. The molecule has 0 radical (unpaired) electrons. The Kier molecular flexibility index (Phi) is 3.49. The maximum absolute atomic E-state index is 11.4. The number of nitrogens with one attached hydrogen (secondary N) is 1. The third-order valence-corrected chi connectivity index (χ3v) is 4.81. The standard InChI is InChI=1S/C16H18N2OS/c1-10-12(16(17)19)4-2-5-13(10)18-15(11-7-8-11)14-6-3-9-20-14/h2-6,9,11,15,18H,7-8H2,1H3,(H2,17,19). The number of hydrogen-bond donors (Lipinski definition) is 2. The maximum Gasteiger partial charge on any atom is 0.249 e. The number of thiophene rings is 1. The van der Waals surface area contributed by atoms with Crippen LogP contribution >= 0.6 is 11.3 Å². The van der Waals surface area contributed by atoms with E-state index in [1.54, 1.807) is 17.4 Å². The summed E-state index contributed by atoms with van der Waals surface area (Å²) in [6, 6.07) is 10.3. The molecule has 1 heterocycles. The van der Waals surface area contributed by atoms with E-state index in [4.69, 9.17) is 5.73 Å². The Morgan fingerprint density at radius 2 is 2.15 bits per heavy atom. The van der Waals surface area contributed by atoms with Crippen molar-refractivity contribution < 1.29 is 4.79 Å². The molecule has 0 bridgehead atoms. The van der Waals surface area contributed by atoms with Crippen molar-refractivity contribution in [3.05, 3.63) is 51.7 Å². The second-order valence-electron chi connectivity index (χ2n) is 5.32. The molecule has 1 unspecified atom stereocenters. The van der Waals surface area contributed by atoms with E-state index in [9.17, 15) is 4.79 Å². The lowest BCUT2D eigenvalue weighted by Gasteiger charge is -2.20. The van der Waals surface area contributed by atoms with Gasteiger partial charge in [0.25, 0.3) is 0 Å². The van der Waals surface area contributed by atoms with Crippen LogP contribution in [0.5, 0.6) is 0 Å². The fraction of sp³-hybridized carbons (Fsp3) is 0.312. The highest BCUT2D eigenvalue weighted by Crippen LogP contribution is 2.44. The van der Waals surface area contributed by atoms with Gasteiger partial charge in [0, 0.05) is 16.1 Å². The number of carbonyl (C=O) groups is 1. The van der Waals surface area contributed by atoms with E-state index in [-0.39, 0.29) is 5.91 Å². The summed E-state index contributed by atoms with van der Waals surface area (Å²) in [6.45, 7) is 1.95. The van der Waals surface area contributed by atoms with Crippen LogP contribution in [0.4, 0.5) is 5.69 Å². The summed E-state index contributed by atoms with van der Waals surface area (Å²) >= 11 is 1.78. The van der Waals surface area contributed by atoms with E-state index in [1.165, 1.54) is 17.7 Å². The van der Waals surface area contributed by atoms with Gasteiger partial charge >= 0.3 is 0 Å². The Hall–Kier alpha value is -1.81. The first-order valence-electron chi connectivity index (χ1n) is 6.86. The number of nitrogens with two attached hydrogens (primary N) is 1. The molecule has 1 fully saturated rings. The smallest absolute Gasteiger partial charge is 0.249 e. The van der Waals surface area contributed by atoms with Crippen LogP contribution in [-0.2, 0) is 0 Å². The molecule has 0 aliphatic heterocycles. The largest absolute Gasteiger partial charge is 0.377 e. The first-order chi connectivity index (χ1) is 9.66. The first kappa shape index (κ1) is 13.2. The molecule has 3 nitrogen and oxygen atoms in total. The molecule has 104 valence electrons. The van der Waals surface area contributed by atoms with E-state index in [0.29, 0.717) is 17.5 Å². The Labute approximate surface area is 122 Å². The van der Waals surface area contributed by atoms with Gasteiger partial charge in [0.15, 0.2) is 0 Å². The minimum absolute atomic E-state index is 0.344. The van der Waals surface area contributed by atoms with Gasteiger partial charge in [-0.1, -0.05) is 12.1 Å². The molecular weight excluding hydrogens is 268 g/mol. The fourth-order valence-corrected chi connectivity index (χ4v) is 3.41. The molecule has 0 saturated heterocycles. The summed E-state index contributed by atoms with van der Waals surface area (Å²) < 4.78 is 0. The van der Waals surface area contributed by atoms with Crippen molar-refractivity contribution in [3.8, 4) is 0 Å². The van der Waals surface area contributed by atoms with E-state index >= 15 is 0 Å². The van der Waals surface area contributed by atoms with Crippen LogP contribution < -0.4 is 11.1 Å². The summed E-state index contributed by atoms with van der Waals surface area (Å²) in [4.78, 5) is 12.8. The van der Waals surface area contributed by atoms with Crippen molar-refractivity contribution >= 4 is 22.9 Å². The van der Waals surface area contributed by atoms with E-state index in [1.807, 2.05) is 19.1 Å². The highest BCUT2D eigenvalue weighted by atomic mass is 32.1. The molecule has 20 heavy (non-hydrogen) atoms. The molecule has 3 N–H and O–H groups in total. The van der Waals surface area contributed by atoms with Gasteiger partial charge in [-0.2, -0.15) is 0 Å². The zero-order valence-electron chi connectivity index (χ0n) is 11.4. The lowest BCUT2D eigenvalue weighted by Crippen LogP contribution is -2.16. The van der Waals surface area contributed by atoms with Crippen LogP contribution in [0.25, 0.3) is 0 Å². The molecule has 1 saturated carbocycles. The van der Waals surface area contributed by atoms with Gasteiger partial charge in [-0.15, -0.1) is 11.3 Å². The van der Waals surface area contributed by atoms with Crippen LogP contribution in [0.1, 0.15) is 39.7 Å². The second-order valence-corrected chi connectivity index (χ2v) is 6.30. The molecule has 1 aliphatic rings. The summed E-state index contributed by atoms with van der Waals surface area (Å²) in [5.74, 6) is 0.329. The third-order valence-electron chi connectivity index (χ3n) is 3.85. The highest BCUT2D eigenvalue weighted by molar-refractivity contribution is 7.10. The zero-order valence-corrected chi connectivity index (χ0v) is 12.2.